The van der Waals surface area contributed by atoms with Crippen molar-refractivity contribution in [3.63, 3.8) is 0 Å². The Kier molecular flexibility index (Phi) is 5.19. The molecule has 5 heteroatoms. The molecule has 1 aromatic carbocycles. The predicted octanol–water partition coefficient (Wildman–Crippen LogP) is 3.43. The van der Waals surface area contributed by atoms with Crippen LogP contribution >= 0.6 is 11.3 Å². The monoisotopic (exact) mass is 323 g/mol. The Hall–Kier alpha value is -1.17. The number of aryl methyl sites for hydroxylation is 1. The van der Waals surface area contributed by atoms with Gasteiger partial charge in [0.05, 0.1) is 5.25 Å². The van der Waals surface area contributed by atoms with Gasteiger partial charge in [-0.2, -0.15) is 0 Å². The predicted molar refractivity (Wildman–Crippen MR) is 88.6 cm³/mol. The van der Waals surface area contributed by atoms with E-state index in [0.717, 1.165) is 12.0 Å². The number of nitrogens with one attached hydrogen (secondary N) is 1. The van der Waals surface area contributed by atoms with Crippen molar-refractivity contribution >= 4 is 21.2 Å². The molecule has 0 radical (unpaired) electrons. The largest absolute Gasteiger partial charge is 0.312 e. The number of rotatable bonds is 6. The van der Waals surface area contributed by atoms with Gasteiger partial charge < -0.3 is 5.32 Å². The number of thiophene rings is 1. The number of hydrogen-bond acceptors (Lipinski definition) is 4. The molecular formula is C16H21NO2S2. The molecule has 2 rings (SSSR count). The van der Waals surface area contributed by atoms with Crippen LogP contribution in [0.3, 0.4) is 0 Å². The maximum Gasteiger partial charge on any atom is 0.192 e. The molecule has 0 saturated carbocycles. The lowest BCUT2D eigenvalue weighted by Gasteiger charge is -2.23. The molecule has 0 aliphatic heterocycles. The summed E-state index contributed by atoms with van der Waals surface area (Å²) >= 11 is 1.27. The molecule has 1 aromatic heterocycles. The molecule has 114 valence electrons. The van der Waals surface area contributed by atoms with E-state index in [1.807, 2.05) is 12.1 Å². The zero-order valence-corrected chi connectivity index (χ0v) is 14.2. The summed E-state index contributed by atoms with van der Waals surface area (Å²) in [6, 6.07) is 11.4. The van der Waals surface area contributed by atoms with Crippen molar-refractivity contribution in [3.8, 4) is 0 Å². The molecule has 2 unspecified atom stereocenters. The van der Waals surface area contributed by atoms with Crippen LogP contribution in [-0.2, 0) is 16.3 Å². The Bertz CT molecular complexity index is 661. The normalized spacial score (nSPS) is 14.8. The average Bonchev–Trinajstić information content (AvgIpc) is 3.03. The molecule has 0 bridgehead atoms. The van der Waals surface area contributed by atoms with E-state index < -0.39 is 15.1 Å². The standard InChI is InChI=1S/C16H21NO2S2/c1-4-13-7-9-14(10-8-13)16(17-3)12(2)21(18,19)15-6-5-11-20-15/h5-12,16-17H,4H2,1-3H3. The highest BCUT2D eigenvalue weighted by Gasteiger charge is 2.31. The summed E-state index contributed by atoms with van der Waals surface area (Å²) in [6.07, 6.45) is 0.980. The molecule has 0 aliphatic rings. The van der Waals surface area contributed by atoms with Crippen LogP contribution in [0.2, 0.25) is 0 Å². The van der Waals surface area contributed by atoms with E-state index in [0.29, 0.717) is 4.21 Å². The second kappa shape index (κ2) is 6.73. The highest BCUT2D eigenvalue weighted by Crippen LogP contribution is 2.29. The lowest BCUT2D eigenvalue weighted by molar-refractivity contribution is 0.532. The second-order valence-corrected chi connectivity index (χ2v) is 8.52. The van der Waals surface area contributed by atoms with Gasteiger partial charge in [-0.05, 0) is 43.0 Å². The molecule has 0 saturated heterocycles. The first-order chi connectivity index (χ1) is 10.0. The first-order valence-corrected chi connectivity index (χ1v) is 9.46. The van der Waals surface area contributed by atoms with E-state index in [-0.39, 0.29) is 6.04 Å². The van der Waals surface area contributed by atoms with Gasteiger partial charge in [-0.1, -0.05) is 37.3 Å². The third-order valence-corrected chi connectivity index (χ3v) is 7.39. The average molecular weight is 323 g/mol. The van der Waals surface area contributed by atoms with Crippen LogP contribution in [-0.4, -0.2) is 20.7 Å². The van der Waals surface area contributed by atoms with Crippen molar-refractivity contribution in [3.05, 3.63) is 52.9 Å². The van der Waals surface area contributed by atoms with Crippen LogP contribution < -0.4 is 5.32 Å². The molecule has 1 N–H and O–H groups in total. The molecule has 21 heavy (non-hydrogen) atoms. The van der Waals surface area contributed by atoms with Crippen LogP contribution in [0.4, 0.5) is 0 Å². The van der Waals surface area contributed by atoms with Crippen molar-refractivity contribution in [1.29, 1.82) is 0 Å². The van der Waals surface area contributed by atoms with Crippen LogP contribution in [0, 0.1) is 0 Å². The zero-order chi connectivity index (χ0) is 15.5. The summed E-state index contributed by atoms with van der Waals surface area (Å²) in [5, 5.41) is 4.42. The number of benzene rings is 1. The minimum atomic E-state index is -3.31. The summed E-state index contributed by atoms with van der Waals surface area (Å²) in [4.78, 5) is 0. The molecule has 0 aliphatic carbocycles. The van der Waals surface area contributed by atoms with Crippen LogP contribution in [0.25, 0.3) is 0 Å². The smallest absolute Gasteiger partial charge is 0.192 e. The summed E-state index contributed by atoms with van der Waals surface area (Å²) in [6.45, 7) is 3.87. The van der Waals surface area contributed by atoms with E-state index in [4.69, 9.17) is 0 Å². The van der Waals surface area contributed by atoms with E-state index in [2.05, 4.69) is 24.4 Å². The minimum absolute atomic E-state index is 0.219. The van der Waals surface area contributed by atoms with Gasteiger partial charge in [-0.15, -0.1) is 11.3 Å². The summed E-state index contributed by atoms with van der Waals surface area (Å²) in [5.74, 6) is 0. The van der Waals surface area contributed by atoms with Crippen molar-refractivity contribution < 1.29 is 8.42 Å². The first kappa shape index (κ1) is 16.2. The van der Waals surface area contributed by atoms with Gasteiger partial charge in [0.1, 0.15) is 4.21 Å². The van der Waals surface area contributed by atoms with E-state index in [1.54, 1.807) is 31.5 Å². The van der Waals surface area contributed by atoms with Gasteiger partial charge in [-0.3, -0.25) is 0 Å². The van der Waals surface area contributed by atoms with Crippen LogP contribution in [0.1, 0.15) is 31.0 Å². The second-order valence-electron chi connectivity index (χ2n) is 5.04. The fourth-order valence-corrected chi connectivity index (χ4v) is 5.31. The third kappa shape index (κ3) is 3.36. The molecule has 3 nitrogen and oxygen atoms in total. The lowest BCUT2D eigenvalue weighted by Crippen LogP contribution is -2.33. The minimum Gasteiger partial charge on any atom is -0.312 e. The fraction of sp³-hybridized carbons (Fsp3) is 0.375. The van der Waals surface area contributed by atoms with Gasteiger partial charge in [0.15, 0.2) is 9.84 Å². The van der Waals surface area contributed by atoms with Gasteiger partial charge in [0.2, 0.25) is 0 Å². The highest BCUT2D eigenvalue weighted by atomic mass is 32.2. The van der Waals surface area contributed by atoms with E-state index in [1.165, 1.54) is 16.9 Å². The Morgan fingerprint density at radius 3 is 2.33 bits per heavy atom. The third-order valence-electron chi connectivity index (χ3n) is 3.79. The SMILES string of the molecule is CCc1ccc(C(NC)C(C)S(=O)(=O)c2cccs2)cc1. The topological polar surface area (TPSA) is 46.2 Å². The summed E-state index contributed by atoms with van der Waals surface area (Å²) in [7, 11) is -1.51. The van der Waals surface area contributed by atoms with Crippen LogP contribution in [0.15, 0.2) is 46.0 Å². The Morgan fingerprint density at radius 2 is 1.86 bits per heavy atom. The Morgan fingerprint density at radius 1 is 1.19 bits per heavy atom. The van der Waals surface area contributed by atoms with E-state index in [9.17, 15) is 8.42 Å². The Balaban J connectivity index is 2.32. The molecule has 2 aromatic rings. The van der Waals surface area contributed by atoms with E-state index >= 15 is 0 Å². The molecular weight excluding hydrogens is 302 g/mol. The lowest BCUT2D eigenvalue weighted by atomic mass is 10.0. The number of hydrogen-bond donors (Lipinski definition) is 1. The summed E-state index contributed by atoms with van der Waals surface area (Å²) in [5.41, 5.74) is 2.25. The van der Waals surface area contributed by atoms with Crippen molar-refractivity contribution in [1.82, 2.24) is 5.32 Å². The zero-order valence-electron chi connectivity index (χ0n) is 12.5. The molecule has 2 atom stereocenters. The number of sulfone groups is 1. The van der Waals surface area contributed by atoms with Crippen molar-refractivity contribution in [2.24, 2.45) is 0 Å². The van der Waals surface area contributed by atoms with Gasteiger partial charge in [0.25, 0.3) is 0 Å². The van der Waals surface area contributed by atoms with Crippen molar-refractivity contribution in [2.75, 3.05) is 7.05 Å². The fourth-order valence-electron chi connectivity index (χ4n) is 2.42. The van der Waals surface area contributed by atoms with Gasteiger partial charge in [0, 0.05) is 6.04 Å². The maximum absolute atomic E-state index is 12.7. The maximum atomic E-state index is 12.7. The first-order valence-electron chi connectivity index (χ1n) is 7.04. The molecule has 1 heterocycles. The summed E-state index contributed by atoms with van der Waals surface area (Å²) < 4.78 is 25.8. The van der Waals surface area contributed by atoms with Crippen molar-refractivity contribution in [2.45, 2.75) is 35.8 Å². The Labute approximate surface area is 130 Å². The molecule has 0 amide bonds. The molecule has 0 spiro atoms. The van der Waals surface area contributed by atoms with Crippen LogP contribution in [0.5, 0.6) is 0 Å². The molecule has 0 fully saturated rings. The van der Waals surface area contributed by atoms with Gasteiger partial charge >= 0.3 is 0 Å². The highest BCUT2D eigenvalue weighted by molar-refractivity contribution is 7.94. The quantitative estimate of drug-likeness (QED) is 0.886. The van der Waals surface area contributed by atoms with Gasteiger partial charge in [-0.25, -0.2) is 8.42 Å².